The smallest absolute Gasteiger partial charge is 0.399 e. The predicted octanol–water partition coefficient (Wildman–Crippen LogP) is 2.42. The maximum absolute atomic E-state index is 6.08. The van der Waals surface area contributed by atoms with Gasteiger partial charge in [-0.1, -0.05) is 0 Å². The fourth-order valence-corrected chi connectivity index (χ4v) is 2.72. The Labute approximate surface area is 138 Å². The van der Waals surface area contributed by atoms with E-state index in [0.29, 0.717) is 6.61 Å². The van der Waals surface area contributed by atoms with Crippen molar-refractivity contribution >= 4 is 12.6 Å². The van der Waals surface area contributed by atoms with Crippen molar-refractivity contribution in [1.29, 1.82) is 0 Å². The minimum atomic E-state index is -0.368. The third-order valence-electron chi connectivity index (χ3n) is 4.92. The normalized spacial score (nSPS) is 26.4. The Morgan fingerprint density at radius 3 is 2.61 bits per heavy atom. The average molecular weight is 319 g/mol. The van der Waals surface area contributed by atoms with Crippen molar-refractivity contribution in [2.24, 2.45) is 0 Å². The van der Waals surface area contributed by atoms with Gasteiger partial charge < -0.3 is 18.8 Å². The van der Waals surface area contributed by atoms with Crippen LogP contribution in [0, 0.1) is 0 Å². The number of hydrogen-bond acceptors (Lipinski definition) is 5. The Bertz CT molecular complexity index is 527. The number of ether oxygens (including phenoxy) is 2. The molecule has 5 nitrogen and oxygen atoms in total. The minimum absolute atomic E-state index is 0.106. The molecule has 2 saturated heterocycles. The Kier molecular flexibility index (Phi) is 4.79. The number of aromatic nitrogens is 1. The quantitative estimate of drug-likeness (QED) is 0.798. The molecule has 2 aliphatic rings. The first kappa shape index (κ1) is 16.9. The molecule has 0 bridgehead atoms. The monoisotopic (exact) mass is 319 g/mol. The van der Waals surface area contributed by atoms with Gasteiger partial charge in [-0.2, -0.15) is 0 Å². The van der Waals surface area contributed by atoms with E-state index in [1.165, 1.54) is 0 Å². The second-order valence-electron chi connectivity index (χ2n) is 7.28. The van der Waals surface area contributed by atoms with E-state index in [9.17, 15) is 0 Å². The lowest BCUT2D eigenvalue weighted by Gasteiger charge is -2.32. The molecule has 0 aromatic carbocycles. The fraction of sp³-hybridized carbons (Fsp3) is 0.706. The van der Waals surface area contributed by atoms with Gasteiger partial charge in [0.05, 0.1) is 23.5 Å². The number of rotatable bonds is 4. The van der Waals surface area contributed by atoms with Gasteiger partial charge in [0.2, 0.25) is 0 Å². The van der Waals surface area contributed by atoms with E-state index >= 15 is 0 Å². The number of nitrogens with zero attached hydrogens (tertiary/aromatic N) is 1. The summed E-state index contributed by atoms with van der Waals surface area (Å²) in [6.07, 6.45) is 4.91. The molecule has 3 rings (SSSR count). The summed E-state index contributed by atoms with van der Waals surface area (Å²) in [5.41, 5.74) is 1.16. The molecule has 0 saturated carbocycles. The largest absolute Gasteiger partial charge is 0.494 e. The minimum Gasteiger partial charge on any atom is -0.399 e. The molecule has 0 N–H and O–H groups in total. The number of hydrogen-bond donors (Lipinski definition) is 0. The van der Waals surface area contributed by atoms with Gasteiger partial charge in [-0.05, 0) is 64.6 Å². The third-order valence-corrected chi connectivity index (χ3v) is 4.92. The SMILES string of the molecule is CC1(C)OB(c2ccnc(COC3CCCCO3)c2)OC1(C)C. The maximum atomic E-state index is 6.08. The van der Waals surface area contributed by atoms with Crippen LogP contribution >= 0.6 is 0 Å². The van der Waals surface area contributed by atoms with Crippen molar-refractivity contribution < 1.29 is 18.8 Å². The van der Waals surface area contributed by atoms with Gasteiger partial charge in [0, 0.05) is 12.8 Å². The van der Waals surface area contributed by atoms with Crippen LogP contribution in [0.2, 0.25) is 0 Å². The van der Waals surface area contributed by atoms with Crippen molar-refractivity contribution in [2.45, 2.75) is 71.1 Å². The van der Waals surface area contributed by atoms with Gasteiger partial charge in [0.25, 0.3) is 0 Å². The van der Waals surface area contributed by atoms with Crippen molar-refractivity contribution in [2.75, 3.05) is 6.61 Å². The van der Waals surface area contributed by atoms with Gasteiger partial charge in [0.15, 0.2) is 6.29 Å². The first-order valence-electron chi connectivity index (χ1n) is 8.41. The summed E-state index contributed by atoms with van der Waals surface area (Å²) in [5.74, 6) is 0. The predicted molar refractivity (Wildman–Crippen MR) is 88.3 cm³/mol. The van der Waals surface area contributed by atoms with E-state index in [1.54, 1.807) is 6.20 Å². The molecule has 3 heterocycles. The third kappa shape index (κ3) is 3.77. The van der Waals surface area contributed by atoms with Gasteiger partial charge >= 0.3 is 7.12 Å². The Morgan fingerprint density at radius 2 is 1.96 bits per heavy atom. The zero-order valence-corrected chi connectivity index (χ0v) is 14.5. The Balaban J connectivity index is 1.63. The lowest BCUT2D eigenvalue weighted by molar-refractivity contribution is -0.169. The molecule has 1 atom stereocenters. The highest BCUT2D eigenvalue weighted by molar-refractivity contribution is 6.62. The highest BCUT2D eigenvalue weighted by Crippen LogP contribution is 2.36. The van der Waals surface area contributed by atoms with Gasteiger partial charge in [-0.3, -0.25) is 4.98 Å². The first-order chi connectivity index (χ1) is 10.9. The second kappa shape index (κ2) is 6.51. The fourth-order valence-electron chi connectivity index (χ4n) is 2.72. The van der Waals surface area contributed by atoms with Crippen LogP contribution in [0.3, 0.4) is 0 Å². The van der Waals surface area contributed by atoms with Crippen LogP contribution in [0.15, 0.2) is 18.3 Å². The van der Waals surface area contributed by atoms with E-state index in [-0.39, 0.29) is 24.6 Å². The second-order valence-corrected chi connectivity index (χ2v) is 7.28. The van der Waals surface area contributed by atoms with Crippen molar-refractivity contribution in [3.8, 4) is 0 Å². The molecule has 1 unspecified atom stereocenters. The maximum Gasteiger partial charge on any atom is 0.494 e. The van der Waals surface area contributed by atoms with Crippen molar-refractivity contribution in [1.82, 2.24) is 4.98 Å². The highest BCUT2D eigenvalue weighted by Gasteiger charge is 2.51. The summed E-state index contributed by atoms with van der Waals surface area (Å²) in [7, 11) is -0.368. The zero-order valence-electron chi connectivity index (χ0n) is 14.5. The molecule has 23 heavy (non-hydrogen) atoms. The van der Waals surface area contributed by atoms with Crippen LogP contribution < -0.4 is 5.46 Å². The van der Waals surface area contributed by atoms with E-state index in [1.807, 2.05) is 12.1 Å². The summed E-state index contributed by atoms with van der Waals surface area (Å²) in [6, 6.07) is 3.92. The molecular formula is C17H26BNO4. The topological polar surface area (TPSA) is 49.8 Å². The molecule has 1 aromatic heterocycles. The first-order valence-corrected chi connectivity index (χ1v) is 8.41. The standard InChI is InChI=1S/C17H26BNO4/c1-16(2)17(3,4)23-18(22-16)13-8-9-19-14(11-13)12-21-15-7-5-6-10-20-15/h8-9,11,15H,5-7,10,12H2,1-4H3. The summed E-state index contributed by atoms with van der Waals surface area (Å²) >= 11 is 0. The van der Waals surface area contributed by atoms with Gasteiger partial charge in [-0.25, -0.2) is 0 Å². The molecule has 6 heteroatoms. The van der Waals surface area contributed by atoms with Crippen LogP contribution in [0.25, 0.3) is 0 Å². The Hall–Kier alpha value is -0.945. The van der Waals surface area contributed by atoms with E-state index in [2.05, 4.69) is 32.7 Å². The molecule has 126 valence electrons. The van der Waals surface area contributed by atoms with Crippen LogP contribution in [-0.4, -0.2) is 36.2 Å². The van der Waals surface area contributed by atoms with Gasteiger partial charge in [-0.15, -0.1) is 0 Å². The average Bonchev–Trinajstić information content (AvgIpc) is 2.75. The molecule has 0 amide bonds. The molecule has 1 aromatic rings. The summed E-state index contributed by atoms with van der Waals surface area (Å²) in [4.78, 5) is 4.38. The van der Waals surface area contributed by atoms with Crippen LogP contribution in [-0.2, 0) is 25.4 Å². The van der Waals surface area contributed by atoms with Crippen molar-refractivity contribution in [3.05, 3.63) is 24.0 Å². The Morgan fingerprint density at radius 1 is 1.22 bits per heavy atom. The number of pyridine rings is 1. The van der Waals surface area contributed by atoms with E-state index in [4.69, 9.17) is 18.8 Å². The lowest BCUT2D eigenvalue weighted by Crippen LogP contribution is -2.41. The van der Waals surface area contributed by atoms with Crippen LogP contribution in [0.1, 0.15) is 52.7 Å². The van der Waals surface area contributed by atoms with Crippen LogP contribution in [0.5, 0.6) is 0 Å². The highest BCUT2D eigenvalue weighted by atomic mass is 16.7. The van der Waals surface area contributed by atoms with Crippen LogP contribution in [0.4, 0.5) is 0 Å². The molecule has 2 fully saturated rings. The zero-order chi connectivity index (χ0) is 16.5. The molecule has 2 aliphatic heterocycles. The van der Waals surface area contributed by atoms with E-state index < -0.39 is 0 Å². The van der Waals surface area contributed by atoms with Crippen molar-refractivity contribution in [3.63, 3.8) is 0 Å². The summed E-state index contributed by atoms with van der Waals surface area (Å²) in [5, 5.41) is 0. The van der Waals surface area contributed by atoms with Gasteiger partial charge in [0.1, 0.15) is 0 Å². The molecule has 0 aliphatic carbocycles. The molecule has 0 radical (unpaired) electrons. The lowest BCUT2D eigenvalue weighted by atomic mass is 9.79. The van der Waals surface area contributed by atoms with E-state index in [0.717, 1.165) is 37.0 Å². The molecular weight excluding hydrogens is 293 g/mol. The summed E-state index contributed by atoms with van der Waals surface area (Å²) in [6.45, 7) is 9.44. The summed E-state index contributed by atoms with van der Waals surface area (Å²) < 4.78 is 23.6. The molecule has 0 spiro atoms.